The van der Waals surface area contributed by atoms with Gasteiger partial charge in [0.2, 0.25) is 0 Å². The summed E-state index contributed by atoms with van der Waals surface area (Å²) >= 11 is 0. The monoisotopic (exact) mass is 286 g/mol. The number of aliphatic imine (C=N–C) groups is 1. The zero-order valence-electron chi connectivity index (χ0n) is 13.0. The van der Waals surface area contributed by atoms with Crippen LogP contribution in [0.1, 0.15) is 24.8 Å². The van der Waals surface area contributed by atoms with E-state index in [0.29, 0.717) is 6.04 Å². The van der Waals surface area contributed by atoms with E-state index in [2.05, 4.69) is 57.5 Å². The first-order valence-electron chi connectivity index (χ1n) is 8.09. The SMILES string of the molecule is CN1CCCN=C1NC1CCCN(Cc2ccccc2)C1. The Balaban J connectivity index is 1.54. The minimum atomic E-state index is 0.529. The zero-order chi connectivity index (χ0) is 14.5. The number of hydrogen-bond donors (Lipinski definition) is 1. The molecule has 1 N–H and O–H groups in total. The molecule has 114 valence electrons. The van der Waals surface area contributed by atoms with Gasteiger partial charge in [0.15, 0.2) is 5.96 Å². The van der Waals surface area contributed by atoms with Crippen molar-refractivity contribution in [2.75, 3.05) is 33.2 Å². The van der Waals surface area contributed by atoms with Gasteiger partial charge in [0.05, 0.1) is 0 Å². The first kappa shape index (κ1) is 14.4. The van der Waals surface area contributed by atoms with E-state index in [9.17, 15) is 0 Å². The maximum atomic E-state index is 4.63. The Morgan fingerprint density at radius 2 is 2.05 bits per heavy atom. The quantitative estimate of drug-likeness (QED) is 0.921. The van der Waals surface area contributed by atoms with E-state index in [0.717, 1.165) is 32.1 Å². The highest BCUT2D eigenvalue weighted by Crippen LogP contribution is 2.14. The Kier molecular flexibility index (Phi) is 4.76. The molecule has 2 heterocycles. The fourth-order valence-corrected chi connectivity index (χ4v) is 3.22. The second-order valence-corrected chi connectivity index (χ2v) is 6.18. The lowest BCUT2D eigenvalue weighted by Crippen LogP contribution is -2.52. The third-order valence-electron chi connectivity index (χ3n) is 4.36. The molecule has 1 saturated heterocycles. The van der Waals surface area contributed by atoms with Crippen LogP contribution in [0.5, 0.6) is 0 Å². The van der Waals surface area contributed by atoms with Crippen LogP contribution in [0, 0.1) is 0 Å². The number of nitrogens with one attached hydrogen (secondary N) is 1. The molecule has 4 nitrogen and oxygen atoms in total. The molecule has 0 amide bonds. The van der Waals surface area contributed by atoms with Crippen LogP contribution in [-0.4, -0.2) is 55.0 Å². The van der Waals surface area contributed by atoms with E-state index in [1.54, 1.807) is 0 Å². The molecular weight excluding hydrogens is 260 g/mol. The molecule has 2 aliphatic heterocycles. The molecular formula is C17H26N4. The first-order chi connectivity index (χ1) is 10.3. The van der Waals surface area contributed by atoms with Gasteiger partial charge in [-0.05, 0) is 31.4 Å². The highest BCUT2D eigenvalue weighted by molar-refractivity contribution is 5.80. The maximum Gasteiger partial charge on any atom is 0.193 e. The lowest BCUT2D eigenvalue weighted by atomic mass is 10.0. The molecule has 0 aromatic heterocycles. The zero-order valence-corrected chi connectivity index (χ0v) is 13.0. The Hall–Kier alpha value is -1.55. The van der Waals surface area contributed by atoms with Gasteiger partial charge in [-0.3, -0.25) is 9.89 Å². The van der Waals surface area contributed by atoms with E-state index < -0.39 is 0 Å². The van der Waals surface area contributed by atoms with Crippen molar-refractivity contribution in [3.05, 3.63) is 35.9 Å². The smallest absolute Gasteiger partial charge is 0.193 e. The average Bonchev–Trinajstić information content (AvgIpc) is 2.51. The van der Waals surface area contributed by atoms with Gasteiger partial charge in [-0.25, -0.2) is 0 Å². The van der Waals surface area contributed by atoms with Gasteiger partial charge < -0.3 is 10.2 Å². The lowest BCUT2D eigenvalue weighted by Gasteiger charge is -2.36. The third-order valence-corrected chi connectivity index (χ3v) is 4.36. The van der Waals surface area contributed by atoms with Gasteiger partial charge in [-0.15, -0.1) is 0 Å². The number of benzene rings is 1. The number of likely N-dealkylation sites (tertiary alicyclic amines) is 1. The summed E-state index contributed by atoms with van der Waals surface area (Å²) in [5, 5.41) is 3.66. The van der Waals surface area contributed by atoms with E-state index >= 15 is 0 Å². The molecule has 2 aliphatic rings. The second kappa shape index (κ2) is 6.94. The summed E-state index contributed by atoms with van der Waals surface area (Å²) in [5.74, 6) is 1.09. The summed E-state index contributed by atoms with van der Waals surface area (Å²) in [6, 6.07) is 11.3. The van der Waals surface area contributed by atoms with Gasteiger partial charge >= 0.3 is 0 Å². The Morgan fingerprint density at radius 1 is 1.19 bits per heavy atom. The van der Waals surface area contributed by atoms with Crippen LogP contribution in [0.2, 0.25) is 0 Å². The molecule has 1 atom stereocenters. The molecule has 1 aromatic rings. The predicted octanol–water partition coefficient (Wildman–Crippen LogP) is 1.93. The summed E-state index contributed by atoms with van der Waals surface area (Å²) in [4.78, 5) is 9.43. The average molecular weight is 286 g/mol. The second-order valence-electron chi connectivity index (χ2n) is 6.18. The van der Waals surface area contributed by atoms with Crippen molar-refractivity contribution in [2.45, 2.75) is 31.8 Å². The van der Waals surface area contributed by atoms with Gasteiger partial charge in [-0.1, -0.05) is 30.3 Å². The fourth-order valence-electron chi connectivity index (χ4n) is 3.22. The van der Waals surface area contributed by atoms with E-state index in [1.165, 1.54) is 31.4 Å². The molecule has 1 fully saturated rings. The van der Waals surface area contributed by atoms with Crippen LogP contribution < -0.4 is 5.32 Å². The Labute approximate surface area is 127 Å². The molecule has 0 bridgehead atoms. The summed E-state index contributed by atoms with van der Waals surface area (Å²) in [7, 11) is 2.13. The van der Waals surface area contributed by atoms with Crippen molar-refractivity contribution in [1.82, 2.24) is 15.1 Å². The van der Waals surface area contributed by atoms with Crippen LogP contribution >= 0.6 is 0 Å². The summed E-state index contributed by atoms with van der Waals surface area (Å²) in [6.07, 6.45) is 3.69. The van der Waals surface area contributed by atoms with Gasteiger partial charge in [0.1, 0.15) is 0 Å². The third kappa shape index (κ3) is 3.97. The van der Waals surface area contributed by atoms with Gasteiger partial charge in [0, 0.05) is 39.3 Å². The number of piperidine rings is 1. The molecule has 1 unspecified atom stereocenters. The minimum Gasteiger partial charge on any atom is -0.352 e. The van der Waals surface area contributed by atoms with Crippen molar-refractivity contribution >= 4 is 5.96 Å². The summed E-state index contributed by atoms with van der Waals surface area (Å²) in [5.41, 5.74) is 1.41. The van der Waals surface area contributed by atoms with Crippen LogP contribution in [0.15, 0.2) is 35.3 Å². The molecule has 3 rings (SSSR count). The number of hydrogen-bond acceptors (Lipinski definition) is 4. The molecule has 0 saturated carbocycles. The van der Waals surface area contributed by atoms with Gasteiger partial charge in [-0.2, -0.15) is 0 Å². The van der Waals surface area contributed by atoms with Crippen LogP contribution in [0.25, 0.3) is 0 Å². The van der Waals surface area contributed by atoms with Crippen LogP contribution in [0.4, 0.5) is 0 Å². The number of rotatable bonds is 3. The first-order valence-corrected chi connectivity index (χ1v) is 8.09. The maximum absolute atomic E-state index is 4.63. The standard InChI is InChI=1S/C17H26N4/c1-20-11-6-10-18-17(20)19-16-9-5-12-21(14-16)13-15-7-3-2-4-8-15/h2-4,7-8,16H,5-6,9-14H2,1H3,(H,18,19). The van der Waals surface area contributed by atoms with Crippen molar-refractivity contribution in [2.24, 2.45) is 4.99 Å². The molecule has 0 aliphatic carbocycles. The van der Waals surface area contributed by atoms with Crippen LogP contribution in [0.3, 0.4) is 0 Å². The highest BCUT2D eigenvalue weighted by Gasteiger charge is 2.22. The van der Waals surface area contributed by atoms with Crippen molar-refractivity contribution in [1.29, 1.82) is 0 Å². The summed E-state index contributed by atoms with van der Waals surface area (Å²) in [6.45, 7) is 5.46. The number of guanidine groups is 1. The molecule has 0 radical (unpaired) electrons. The Bertz CT molecular complexity index is 471. The molecule has 4 heteroatoms. The van der Waals surface area contributed by atoms with Gasteiger partial charge in [0.25, 0.3) is 0 Å². The van der Waals surface area contributed by atoms with E-state index in [1.807, 2.05) is 0 Å². The van der Waals surface area contributed by atoms with Crippen molar-refractivity contribution in [3.63, 3.8) is 0 Å². The molecule has 1 aromatic carbocycles. The molecule has 21 heavy (non-hydrogen) atoms. The largest absolute Gasteiger partial charge is 0.352 e. The fraction of sp³-hybridized carbons (Fsp3) is 0.588. The van der Waals surface area contributed by atoms with Crippen molar-refractivity contribution in [3.8, 4) is 0 Å². The lowest BCUT2D eigenvalue weighted by molar-refractivity contribution is 0.190. The highest BCUT2D eigenvalue weighted by atomic mass is 15.3. The van der Waals surface area contributed by atoms with Crippen LogP contribution in [-0.2, 0) is 6.54 Å². The topological polar surface area (TPSA) is 30.9 Å². The predicted molar refractivity (Wildman–Crippen MR) is 87.4 cm³/mol. The minimum absolute atomic E-state index is 0.529. The number of nitrogens with zero attached hydrogens (tertiary/aromatic N) is 3. The van der Waals surface area contributed by atoms with E-state index in [-0.39, 0.29) is 0 Å². The molecule has 0 spiro atoms. The Morgan fingerprint density at radius 3 is 2.86 bits per heavy atom. The van der Waals surface area contributed by atoms with Crippen molar-refractivity contribution < 1.29 is 0 Å². The summed E-state index contributed by atoms with van der Waals surface area (Å²) < 4.78 is 0. The normalized spacial score (nSPS) is 23.8. The van der Waals surface area contributed by atoms with E-state index in [4.69, 9.17) is 0 Å².